The maximum Gasteiger partial charge on any atom is 0.254 e. The van der Waals surface area contributed by atoms with Crippen LogP contribution in [0.4, 0.5) is 5.69 Å². The zero-order valence-electron chi connectivity index (χ0n) is 15.5. The van der Waals surface area contributed by atoms with Gasteiger partial charge in [-0.3, -0.25) is 14.5 Å². The summed E-state index contributed by atoms with van der Waals surface area (Å²) in [7, 11) is 0. The highest BCUT2D eigenvalue weighted by atomic mass is 16.5. The van der Waals surface area contributed by atoms with Gasteiger partial charge in [-0.2, -0.15) is 0 Å². The highest BCUT2D eigenvalue weighted by Crippen LogP contribution is 2.12. The molecule has 0 unspecified atom stereocenters. The van der Waals surface area contributed by atoms with Gasteiger partial charge in [0.05, 0.1) is 25.3 Å². The SMILES string of the molecule is Cc1cccc(NC(=O)CCNC(=O)c2coc(CN3CCOCC3)c2)c1. The second-order valence-corrected chi connectivity index (χ2v) is 6.61. The topological polar surface area (TPSA) is 83.8 Å². The molecule has 1 fully saturated rings. The van der Waals surface area contributed by atoms with Crippen LogP contribution in [0.3, 0.4) is 0 Å². The van der Waals surface area contributed by atoms with Gasteiger partial charge in [-0.1, -0.05) is 12.1 Å². The zero-order chi connectivity index (χ0) is 19.1. The van der Waals surface area contributed by atoms with E-state index in [0.29, 0.717) is 12.1 Å². The third kappa shape index (κ3) is 5.94. The lowest BCUT2D eigenvalue weighted by molar-refractivity contribution is -0.116. The molecule has 2 aromatic rings. The van der Waals surface area contributed by atoms with Crippen LogP contribution in [0.25, 0.3) is 0 Å². The van der Waals surface area contributed by atoms with Gasteiger partial charge in [0.1, 0.15) is 12.0 Å². The molecule has 3 rings (SSSR count). The molecule has 7 heteroatoms. The summed E-state index contributed by atoms with van der Waals surface area (Å²) in [5.74, 6) is 0.371. The molecule has 0 spiro atoms. The largest absolute Gasteiger partial charge is 0.467 e. The minimum absolute atomic E-state index is 0.138. The van der Waals surface area contributed by atoms with Gasteiger partial charge in [0.2, 0.25) is 5.91 Å². The summed E-state index contributed by atoms with van der Waals surface area (Å²) < 4.78 is 10.8. The number of nitrogens with zero attached hydrogens (tertiary/aromatic N) is 1. The van der Waals surface area contributed by atoms with Crippen LogP contribution in [0.2, 0.25) is 0 Å². The predicted molar refractivity (Wildman–Crippen MR) is 102 cm³/mol. The lowest BCUT2D eigenvalue weighted by atomic mass is 10.2. The van der Waals surface area contributed by atoms with Gasteiger partial charge in [-0.25, -0.2) is 0 Å². The molecule has 2 N–H and O–H groups in total. The molecule has 1 aliphatic heterocycles. The number of rotatable bonds is 7. The monoisotopic (exact) mass is 371 g/mol. The van der Waals surface area contributed by atoms with E-state index in [2.05, 4.69) is 15.5 Å². The summed E-state index contributed by atoms with van der Waals surface area (Å²) in [6.45, 7) is 6.05. The smallest absolute Gasteiger partial charge is 0.254 e. The van der Waals surface area contributed by atoms with Crippen LogP contribution in [-0.4, -0.2) is 49.6 Å². The Morgan fingerprint density at radius 1 is 1.19 bits per heavy atom. The molecule has 144 valence electrons. The third-order valence-electron chi connectivity index (χ3n) is 4.34. The maximum absolute atomic E-state index is 12.2. The Morgan fingerprint density at radius 2 is 2.00 bits per heavy atom. The van der Waals surface area contributed by atoms with Crippen molar-refractivity contribution in [2.45, 2.75) is 19.9 Å². The first kappa shape index (κ1) is 19.1. The quantitative estimate of drug-likeness (QED) is 0.779. The van der Waals surface area contributed by atoms with Gasteiger partial charge >= 0.3 is 0 Å². The van der Waals surface area contributed by atoms with Crippen molar-refractivity contribution < 1.29 is 18.7 Å². The highest BCUT2D eigenvalue weighted by Gasteiger charge is 2.15. The average Bonchev–Trinajstić information content (AvgIpc) is 3.11. The molecule has 0 aliphatic carbocycles. The number of carbonyl (C=O) groups excluding carboxylic acids is 2. The molecular weight excluding hydrogens is 346 g/mol. The Hall–Kier alpha value is -2.64. The van der Waals surface area contributed by atoms with E-state index in [1.54, 1.807) is 6.07 Å². The Balaban J connectivity index is 1.40. The number of carbonyl (C=O) groups is 2. The number of nitrogens with one attached hydrogen (secondary N) is 2. The first-order chi connectivity index (χ1) is 13.1. The molecule has 0 atom stereocenters. The van der Waals surface area contributed by atoms with Gasteiger partial charge in [-0.05, 0) is 30.7 Å². The molecule has 2 amide bonds. The predicted octanol–water partition coefficient (Wildman–Crippen LogP) is 2.18. The van der Waals surface area contributed by atoms with Gasteiger partial charge < -0.3 is 19.8 Å². The third-order valence-corrected chi connectivity index (χ3v) is 4.34. The van der Waals surface area contributed by atoms with E-state index in [1.807, 2.05) is 31.2 Å². The highest BCUT2D eigenvalue weighted by molar-refractivity contribution is 5.95. The average molecular weight is 371 g/mol. The van der Waals surface area contributed by atoms with E-state index >= 15 is 0 Å². The fourth-order valence-corrected chi connectivity index (χ4v) is 2.90. The molecule has 1 saturated heterocycles. The lowest BCUT2D eigenvalue weighted by Gasteiger charge is -2.25. The summed E-state index contributed by atoms with van der Waals surface area (Å²) >= 11 is 0. The Morgan fingerprint density at radius 3 is 2.78 bits per heavy atom. The van der Waals surface area contributed by atoms with Crippen LogP contribution in [0.5, 0.6) is 0 Å². The molecule has 7 nitrogen and oxygen atoms in total. The second-order valence-electron chi connectivity index (χ2n) is 6.61. The summed E-state index contributed by atoms with van der Waals surface area (Å²) in [6, 6.07) is 9.34. The van der Waals surface area contributed by atoms with Gasteiger partial charge in [0, 0.05) is 31.7 Å². The first-order valence-electron chi connectivity index (χ1n) is 9.12. The van der Waals surface area contributed by atoms with Crippen molar-refractivity contribution in [3.8, 4) is 0 Å². The second kappa shape index (κ2) is 9.34. The van der Waals surface area contributed by atoms with Crippen LogP contribution < -0.4 is 10.6 Å². The molecule has 1 aliphatic rings. The molecule has 0 bridgehead atoms. The van der Waals surface area contributed by atoms with Crippen LogP contribution in [0, 0.1) is 6.92 Å². The van der Waals surface area contributed by atoms with E-state index < -0.39 is 0 Å². The van der Waals surface area contributed by atoms with Crippen molar-refractivity contribution in [2.75, 3.05) is 38.2 Å². The minimum Gasteiger partial charge on any atom is -0.467 e. The van der Waals surface area contributed by atoms with E-state index in [1.165, 1.54) is 6.26 Å². The molecule has 1 aromatic carbocycles. The maximum atomic E-state index is 12.2. The standard InChI is InChI=1S/C20H25N3O4/c1-15-3-2-4-17(11-15)22-19(24)5-6-21-20(25)16-12-18(27-14-16)13-23-7-9-26-10-8-23/h2-4,11-12,14H,5-10,13H2,1H3,(H,21,25)(H,22,24). The Kier molecular flexibility index (Phi) is 6.62. The molecule has 1 aromatic heterocycles. The molecule has 0 saturated carbocycles. The normalized spacial score (nSPS) is 14.7. The number of hydrogen-bond donors (Lipinski definition) is 2. The number of amides is 2. The van der Waals surface area contributed by atoms with Crippen molar-refractivity contribution >= 4 is 17.5 Å². The number of morpholine rings is 1. The lowest BCUT2D eigenvalue weighted by Crippen LogP contribution is -2.35. The van der Waals surface area contributed by atoms with E-state index in [0.717, 1.165) is 43.3 Å². The summed E-state index contributed by atoms with van der Waals surface area (Å²) in [6.07, 6.45) is 1.66. The summed E-state index contributed by atoms with van der Waals surface area (Å²) in [5.41, 5.74) is 2.31. The van der Waals surface area contributed by atoms with Crippen LogP contribution in [0.1, 0.15) is 28.1 Å². The van der Waals surface area contributed by atoms with Gasteiger partial charge in [0.15, 0.2) is 0 Å². The fraction of sp³-hybridized carbons (Fsp3) is 0.400. The Bertz CT molecular complexity index is 781. The van der Waals surface area contributed by atoms with Gasteiger partial charge in [0.25, 0.3) is 5.91 Å². The number of ether oxygens (including phenoxy) is 1. The van der Waals surface area contributed by atoms with Crippen molar-refractivity contribution in [1.82, 2.24) is 10.2 Å². The fourth-order valence-electron chi connectivity index (χ4n) is 2.90. The first-order valence-corrected chi connectivity index (χ1v) is 9.12. The van der Waals surface area contributed by atoms with Crippen molar-refractivity contribution in [3.63, 3.8) is 0 Å². The Labute approximate surface area is 158 Å². The molecule has 0 radical (unpaired) electrons. The number of hydrogen-bond acceptors (Lipinski definition) is 5. The molecular formula is C20H25N3O4. The van der Waals surface area contributed by atoms with E-state index in [-0.39, 0.29) is 24.8 Å². The van der Waals surface area contributed by atoms with Crippen LogP contribution >= 0.6 is 0 Å². The number of anilines is 1. The van der Waals surface area contributed by atoms with E-state index in [4.69, 9.17) is 9.15 Å². The summed E-state index contributed by atoms with van der Waals surface area (Å²) in [4.78, 5) is 26.4. The van der Waals surface area contributed by atoms with Crippen molar-refractivity contribution in [3.05, 3.63) is 53.5 Å². The van der Waals surface area contributed by atoms with E-state index in [9.17, 15) is 9.59 Å². The minimum atomic E-state index is -0.240. The van der Waals surface area contributed by atoms with Crippen molar-refractivity contribution in [2.24, 2.45) is 0 Å². The zero-order valence-corrected chi connectivity index (χ0v) is 15.5. The number of aryl methyl sites for hydroxylation is 1. The number of benzene rings is 1. The van der Waals surface area contributed by atoms with Gasteiger partial charge in [-0.15, -0.1) is 0 Å². The molecule has 2 heterocycles. The van der Waals surface area contributed by atoms with Crippen molar-refractivity contribution in [1.29, 1.82) is 0 Å². The van der Waals surface area contributed by atoms with Crippen LogP contribution in [-0.2, 0) is 16.1 Å². The molecule has 27 heavy (non-hydrogen) atoms. The number of furan rings is 1. The van der Waals surface area contributed by atoms with Crippen LogP contribution in [0.15, 0.2) is 41.0 Å². The summed E-state index contributed by atoms with van der Waals surface area (Å²) in [5, 5.41) is 5.57.